The molecule has 1 amide bonds. The summed E-state index contributed by atoms with van der Waals surface area (Å²) < 4.78 is 28.7. The highest BCUT2D eigenvalue weighted by Gasteiger charge is 2.59. The van der Waals surface area contributed by atoms with Crippen LogP contribution in [0.4, 0.5) is 14.7 Å². The Labute approximate surface area is 131 Å². The van der Waals surface area contributed by atoms with E-state index in [4.69, 9.17) is 0 Å². The minimum Gasteiger partial charge on any atom is -0.308 e. The SMILES string of the molecule is CN(C)CCn1cnc(NC(=O)c2ccn(C3CC3(F)F)n2)n1. The lowest BCUT2D eigenvalue weighted by Gasteiger charge is -2.07. The first-order chi connectivity index (χ1) is 10.8. The van der Waals surface area contributed by atoms with E-state index in [1.165, 1.54) is 18.6 Å². The van der Waals surface area contributed by atoms with Crippen LogP contribution in [0.3, 0.4) is 0 Å². The summed E-state index contributed by atoms with van der Waals surface area (Å²) in [6.07, 6.45) is 2.65. The maximum absolute atomic E-state index is 13.0. The van der Waals surface area contributed by atoms with Gasteiger partial charge in [0.1, 0.15) is 12.4 Å². The van der Waals surface area contributed by atoms with Crippen molar-refractivity contribution in [3.8, 4) is 0 Å². The number of alkyl halides is 2. The molecule has 0 bridgehead atoms. The van der Waals surface area contributed by atoms with Gasteiger partial charge in [-0.05, 0) is 20.2 Å². The largest absolute Gasteiger partial charge is 0.308 e. The van der Waals surface area contributed by atoms with Crippen molar-refractivity contribution in [1.29, 1.82) is 0 Å². The molecule has 1 aliphatic rings. The molecule has 23 heavy (non-hydrogen) atoms. The Morgan fingerprint density at radius 1 is 1.48 bits per heavy atom. The Hall–Kier alpha value is -2.36. The van der Waals surface area contributed by atoms with E-state index >= 15 is 0 Å². The molecule has 1 aliphatic carbocycles. The Morgan fingerprint density at radius 2 is 2.22 bits per heavy atom. The van der Waals surface area contributed by atoms with E-state index in [9.17, 15) is 13.6 Å². The maximum atomic E-state index is 13.0. The number of amides is 1. The number of halogens is 2. The van der Waals surface area contributed by atoms with Crippen molar-refractivity contribution in [2.75, 3.05) is 26.0 Å². The number of hydrogen-bond acceptors (Lipinski definition) is 5. The lowest BCUT2D eigenvalue weighted by atomic mass is 10.4. The predicted octanol–water partition coefficient (Wildman–Crippen LogP) is 0.869. The van der Waals surface area contributed by atoms with E-state index in [2.05, 4.69) is 20.5 Å². The van der Waals surface area contributed by atoms with Gasteiger partial charge in [-0.3, -0.25) is 14.8 Å². The smallest absolute Gasteiger partial charge is 0.278 e. The Kier molecular flexibility index (Phi) is 3.84. The first-order valence-electron chi connectivity index (χ1n) is 7.14. The summed E-state index contributed by atoms with van der Waals surface area (Å²) in [5.74, 6) is -3.11. The minimum atomic E-state index is -2.73. The van der Waals surface area contributed by atoms with Gasteiger partial charge in [0.15, 0.2) is 5.69 Å². The molecule has 1 fully saturated rings. The average molecular weight is 325 g/mol. The van der Waals surface area contributed by atoms with Gasteiger partial charge in [0, 0.05) is 19.2 Å². The van der Waals surface area contributed by atoms with Gasteiger partial charge in [0.25, 0.3) is 11.8 Å². The van der Waals surface area contributed by atoms with Gasteiger partial charge in [0.05, 0.1) is 6.54 Å². The summed E-state index contributed by atoms with van der Waals surface area (Å²) in [5, 5.41) is 10.5. The quantitative estimate of drug-likeness (QED) is 0.852. The highest BCUT2D eigenvalue weighted by molar-refractivity contribution is 6.01. The van der Waals surface area contributed by atoms with Crippen molar-refractivity contribution in [2.24, 2.45) is 0 Å². The zero-order valence-electron chi connectivity index (χ0n) is 12.8. The summed E-state index contributed by atoms with van der Waals surface area (Å²) in [4.78, 5) is 18.0. The van der Waals surface area contributed by atoms with E-state index in [0.717, 1.165) is 11.2 Å². The van der Waals surface area contributed by atoms with Crippen LogP contribution < -0.4 is 5.32 Å². The average Bonchev–Trinajstić information content (AvgIpc) is 2.91. The second kappa shape index (κ2) is 5.69. The van der Waals surface area contributed by atoms with E-state index in [1.807, 2.05) is 19.0 Å². The number of carbonyl (C=O) groups excluding carboxylic acids is 1. The molecule has 0 spiro atoms. The molecule has 0 radical (unpaired) electrons. The number of aromatic nitrogens is 5. The molecule has 8 nitrogen and oxygen atoms in total. The van der Waals surface area contributed by atoms with Gasteiger partial charge in [-0.2, -0.15) is 5.10 Å². The van der Waals surface area contributed by atoms with Crippen molar-refractivity contribution in [3.05, 3.63) is 24.3 Å². The van der Waals surface area contributed by atoms with Gasteiger partial charge in [0.2, 0.25) is 5.95 Å². The molecule has 1 N–H and O–H groups in total. The lowest BCUT2D eigenvalue weighted by molar-refractivity contribution is 0.0966. The van der Waals surface area contributed by atoms with Crippen LogP contribution in [0.25, 0.3) is 0 Å². The van der Waals surface area contributed by atoms with Crippen LogP contribution >= 0.6 is 0 Å². The molecule has 3 rings (SSSR count). The summed E-state index contributed by atoms with van der Waals surface area (Å²) in [7, 11) is 3.89. The molecule has 2 heterocycles. The number of anilines is 1. The number of nitrogens with zero attached hydrogens (tertiary/aromatic N) is 6. The zero-order chi connectivity index (χ0) is 16.6. The van der Waals surface area contributed by atoms with Crippen LogP contribution in [0, 0.1) is 0 Å². The van der Waals surface area contributed by atoms with Gasteiger partial charge >= 0.3 is 0 Å². The maximum Gasteiger partial charge on any atom is 0.278 e. The summed E-state index contributed by atoms with van der Waals surface area (Å²) in [6, 6.07) is 0.444. The third kappa shape index (κ3) is 3.52. The molecule has 0 aliphatic heterocycles. The van der Waals surface area contributed by atoms with Crippen LogP contribution in [0.2, 0.25) is 0 Å². The number of nitrogens with one attached hydrogen (secondary N) is 1. The normalized spacial score (nSPS) is 19.1. The summed E-state index contributed by atoms with van der Waals surface area (Å²) >= 11 is 0. The molecule has 2 aromatic rings. The third-order valence-corrected chi connectivity index (χ3v) is 3.49. The van der Waals surface area contributed by atoms with E-state index in [-0.39, 0.29) is 18.1 Å². The number of rotatable bonds is 6. The van der Waals surface area contributed by atoms with Crippen molar-refractivity contribution < 1.29 is 13.6 Å². The molecular weight excluding hydrogens is 308 g/mol. The van der Waals surface area contributed by atoms with Crippen molar-refractivity contribution >= 4 is 11.9 Å². The third-order valence-electron chi connectivity index (χ3n) is 3.49. The molecular formula is C13H17F2N7O. The number of likely N-dealkylation sites (N-methyl/N-ethyl adjacent to an activating group) is 1. The first-order valence-corrected chi connectivity index (χ1v) is 7.14. The Bertz CT molecular complexity index is 709. The Morgan fingerprint density at radius 3 is 2.87 bits per heavy atom. The number of carbonyl (C=O) groups is 1. The van der Waals surface area contributed by atoms with Gasteiger partial charge < -0.3 is 4.90 Å². The molecule has 10 heteroatoms. The monoisotopic (exact) mass is 325 g/mol. The van der Waals surface area contributed by atoms with E-state index < -0.39 is 17.9 Å². The predicted molar refractivity (Wildman–Crippen MR) is 77.4 cm³/mol. The molecule has 0 aromatic carbocycles. The van der Waals surface area contributed by atoms with Crippen LogP contribution in [-0.4, -0.2) is 61.9 Å². The van der Waals surface area contributed by atoms with Crippen molar-refractivity contribution in [2.45, 2.75) is 24.9 Å². The fourth-order valence-corrected chi connectivity index (χ4v) is 2.05. The second-order valence-electron chi connectivity index (χ2n) is 5.75. The lowest BCUT2D eigenvalue weighted by Crippen LogP contribution is -2.19. The van der Waals surface area contributed by atoms with E-state index in [0.29, 0.717) is 6.54 Å². The van der Waals surface area contributed by atoms with Crippen molar-refractivity contribution in [3.63, 3.8) is 0 Å². The Balaban J connectivity index is 1.59. The topological polar surface area (TPSA) is 80.9 Å². The second-order valence-corrected chi connectivity index (χ2v) is 5.75. The van der Waals surface area contributed by atoms with Crippen LogP contribution in [0.1, 0.15) is 23.0 Å². The highest BCUT2D eigenvalue weighted by Crippen LogP contribution is 2.52. The molecule has 124 valence electrons. The van der Waals surface area contributed by atoms with Crippen molar-refractivity contribution in [1.82, 2.24) is 29.4 Å². The standard InChI is InChI=1S/C13H17F2N7O/c1-20(2)5-6-21-8-16-12(19-21)17-11(23)9-3-4-22(18-9)10-7-13(10,14)15/h3-4,8,10H,5-7H2,1-2H3,(H,17,19,23). The van der Waals surface area contributed by atoms with Gasteiger partial charge in [-0.25, -0.2) is 18.4 Å². The summed E-state index contributed by atoms with van der Waals surface area (Å²) in [6.45, 7) is 1.43. The fourth-order valence-electron chi connectivity index (χ4n) is 2.05. The molecule has 1 unspecified atom stereocenters. The van der Waals surface area contributed by atoms with Crippen LogP contribution in [0.5, 0.6) is 0 Å². The minimum absolute atomic E-state index is 0.0531. The molecule has 2 aromatic heterocycles. The fraction of sp³-hybridized carbons (Fsp3) is 0.538. The molecule has 1 atom stereocenters. The van der Waals surface area contributed by atoms with E-state index in [1.54, 1.807) is 4.68 Å². The molecule has 1 saturated carbocycles. The first kappa shape index (κ1) is 15.5. The van der Waals surface area contributed by atoms with Crippen LogP contribution in [0.15, 0.2) is 18.6 Å². The van der Waals surface area contributed by atoms with Crippen LogP contribution in [-0.2, 0) is 6.54 Å². The highest BCUT2D eigenvalue weighted by atomic mass is 19.3. The number of hydrogen-bond donors (Lipinski definition) is 1. The van der Waals surface area contributed by atoms with Gasteiger partial charge in [-0.1, -0.05) is 0 Å². The zero-order valence-corrected chi connectivity index (χ0v) is 12.8. The molecule has 0 saturated heterocycles. The van der Waals surface area contributed by atoms with Gasteiger partial charge in [-0.15, -0.1) is 5.10 Å². The summed E-state index contributed by atoms with van der Waals surface area (Å²) in [5.41, 5.74) is 0.0531.